The molecule has 0 saturated carbocycles. The van der Waals surface area contributed by atoms with E-state index in [1.54, 1.807) is 11.3 Å². The Morgan fingerprint density at radius 2 is 2.28 bits per heavy atom. The number of imide groups is 1. The number of ether oxygens (including phenoxy) is 1. The Hall–Kier alpha value is -2.17. The summed E-state index contributed by atoms with van der Waals surface area (Å²) in [5.41, 5.74) is 0.640. The van der Waals surface area contributed by atoms with Crippen LogP contribution in [-0.2, 0) is 9.53 Å². The van der Waals surface area contributed by atoms with Gasteiger partial charge in [-0.3, -0.25) is 9.59 Å². The van der Waals surface area contributed by atoms with E-state index in [0.29, 0.717) is 15.4 Å². The molecule has 0 bridgehead atoms. The van der Waals surface area contributed by atoms with Crippen molar-refractivity contribution in [3.63, 3.8) is 0 Å². The highest BCUT2D eigenvalue weighted by Gasteiger charge is 2.28. The van der Waals surface area contributed by atoms with E-state index in [-0.39, 0.29) is 30.4 Å². The normalized spacial score (nSPS) is 14.2. The van der Waals surface area contributed by atoms with Crippen LogP contribution in [0.1, 0.15) is 0 Å². The van der Waals surface area contributed by atoms with Crippen LogP contribution in [0, 0.1) is 0 Å². The zero-order valence-corrected chi connectivity index (χ0v) is 15.1. The number of rotatable bonds is 4. The second-order valence-electron chi connectivity index (χ2n) is 5.13. The number of amides is 2. The van der Waals surface area contributed by atoms with Gasteiger partial charge < -0.3 is 9.72 Å². The lowest BCUT2D eigenvalue weighted by molar-refractivity contribution is -0.125. The molecule has 1 aliphatic heterocycles. The maximum Gasteiger partial charge on any atom is 0.416 e. The van der Waals surface area contributed by atoms with Gasteiger partial charge in [-0.2, -0.15) is 0 Å². The zero-order valence-electron chi connectivity index (χ0n) is 12.7. The summed E-state index contributed by atoms with van der Waals surface area (Å²) in [6.07, 6.45) is -0.624. The first kappa shape index (κ1) is 16.3. The molecule has 25 heavy (non-hydrogen) atoms. The Bertz CT molecular complexity index is 1010. The first-order valence-corrected chi connectivity index (χ1v) is 10.0. The topological polar surface area (TPSA) is 92.4 Å². The molecule has 1 N–H and O–H groups in total. The molecule has 0 aromatic carbocycles. The third kappa shape index (κ3) is 3.08. The number of cyclic esters (lactones) is 1. The smallest absolute Gasteiger partial charge is 0.416 e. The van der Waals surface area contributed by atoms with Gasteiger partial charge in [0.15, 0.2) is 5.16 Å². The van der Waals surface area contributed by atoms with Crippen molar-refractivity contribution in [2.45, 2.75) is 5.16 Å². The van der Waals surface area contributed by atoms with E-state index < -0.39 is 6.09 Å². The summed E-state index contributed by atoms with van der Waals surface area (Å²) in [7, 11) is 0. The van der Waals surface area contributed by atoms with Crippen molar-refractivity contribution in [2.24, 2.45) is 0 Å². The fourth-order valence-electron chi connectivity index (χ4n) is 2.44. The summed E-state index contributed by atoms with van der Waals surface area (Å²) in [4.78, 5) is 45.7. The van der Waals surface area contributed by atoms with Gasteiger partial charge in [-0.05, 0) is 11.4 Å². The summed E-state index contributed by atoms with van der Waals surface area (Å²) in [6, 6.07) is 3.90. The van der Waals surface area contributed by atoms with Crippen molar-refractivity contribution in [2.75, 3.05) is 18.9 Å². The number of carbonyl (C=O) groups excluding carboxylic acids is 2. The van der Waals surface area contributed by atoms with E-state index in [1.807, 2.05) is 22.9 Å². The van der Waals surface area contributed by atoms with Crippen LogP contribution in [0.4, 0.5) is 4.79 Å². The number of nitrogens with zero attached hydrogens (tertiary/aromatic N) is 2. The van der Waals surface area contributed by atoms with Crippen molar-refractivity contribution >= 4 is 56.7 Å². The highest BCUT2D eigenvalue weighted by atomic mass is 32.2. The zero-order chi connectivity index (χ0) is 17.4. The minimum Gasteiger partial charge on any atom is -0.447 e. The predicted molar refractivity (Wildman–Crippen MR) is 97.3 cm³/mol. The molecule has 0 spiro atoms. The van der Waals surface area contributed by atoms with E-state index in [4.69, 9.17) is 4.74 Å². The van der Waals surface area contributed by atoms with Crippen LogP contribution in [0.15, 0.2) is 32.8 Å². The predicted octanol–water partition coefficient (Wildman–Crippen LogP) is 2.78. The van der Waals surface area contributed by atoms with Crippen molar-refractivity contribution < 1.29 is 14.3 Å². The molecule has 0 radical (unpaired) electrons. The number of thioether (sulfide) groups is 1. The third-order valence-electron chi connectivity index (χ3n) is 3.60. The van der Waals surface area contributed by atoms with E-state index in [9.17, 15) is 14.4 Å². The molecular formula is C15H11N3O4S3. The van der Waals surface area contributed by atoms with Gasteiger partial charge in [0.05, 0.1) is 17.7 Å². The second kappa shape index (κ2) is 6.62. The van der Waals surface area contributed by atoms with Crippen molar-refractivity contribution in [1.29, 1.82) is 0 Å². The monoisotopic (exact) mass is 393 g/mol. The first-order chi connectivity index (χ1) is 12.1. The number of H-pyrrole nitrogens is 1. The molecule has 1 aliphatic rings. The molecule has 7 nitrogen and oxygen atoms in total. The van der Waals surface area contributed by atoms with E-state index in [0.717, 1.165) is 27.1 Å². The molecule has 0 aliphatic carbocycles. The van der Waals surface area contributed by atoms with E-state index in [2.05, 4.69) is 9.97 Å². The summed E-state index contributed by atoms with van der Waals surface area (Å²) in [5, 5.41) is 4.79. The van der Waals surface area contributed by atoms with Gasteiger partial charge in [-0.1, -0.05) is 17.8 Å². The molecule has 0 atom stereocenters. The lowest BCUT2D eigenvalue weighted by atomic mass is 10.2. The molecule has 3 aromatic rings. The average Bonchev–Trinajstić information content (AvgIpc) is 3.32. The van der Waals surface area contributed by atoms with Gasteiger partial charge >= 0.3 is 6.09 Å². The SMILES string of the molecule is O=C(CSc1nc2scc(-c3cccs3)c2c(=O)[nH]1)N1CCOC1=O. The van der Waals surface area contributed by atoms with Crippen LogP contribution in [0.5, 0.6) is 0 Å². The van der Waals surface area contributed by atoms with Gasteiger partial charge in [-0.15, -0.1) is 22.7 Å². The summed E-state index contributed by atoms with van der Waals surface area (Å²) >= 11 is 4.05. The first-order valence-electron chi connectivity index (χ1n) is 7.29. The number of aromatic amines is 1. The lowest BCUT2D eigenvalue weighted by Crippen LogP contribution is -2.33. The van der Waals surface area contributed by atoms with Crippen LogP contribution >= 0.6 is 34.4 Å². The van der Waals surface area contributed by atoms with Crippen LogP contribution in [0.2, 0.25) is 0 Å². The minimum absolute atomic E-state index is 0.00665. The number of thiophene rings is 2. The highest BCUT2D eigenvalue weighted by Crippen LogP contribution is 2.34. The minimum atomic E-state index is -0.624. The summed E-state index contributed by atoms with van der Waals surface area (Å²) in [5.74, 6) is -0.354. The Morgan fingerprint density at radius 3 is 3.00 bits per heavy atom. The van der Waals surface area contributed by atoms with Crippen molar-refractivity contribution in [3.05, 3.63) is 33.2 Å². The summed E-state index contributed by atoms with van der Waals surface area (Å²) < 4.78 is 4.74. The largest absolute Gasteiger partial charge is 0.447 e. The molecule has 128 valence electrons. The van der Waals surface area contributed by atoms with Gasteiger partial charge in [0.25, 0.3) is 5.56 Å². The van der Waals surface area contributed by atoms with Crippen LogP contribution < -0.4 is 5.56 Å². The van der Waals surface area contributed by atoms with Crippen molar-refractivity contribution in [1.82, 2.24) is 14.9 Å². The molecular weight excluding hydrogens is 382 g/mol. The van der Waals surface area contributed by atoms with Crippen LogP contribution in [0.25, 0.3) is 20.7 Å². The molecule has 10 heteroatoms. The van der Waals surface area contributed by atoms with Gasteiger partial charge in [-0.25, -0.2) is 14.7 Å². The maximum absolute atomic E-state index is 12.5. The number of hydrogen-bond donors (Lipinski definition) is 1. The standard InChI is InChI=1S/C15H11N3O4S3/c19-10(18-3-4-22-15(18)21)7-25-14-16-12(20)11-8(6-24-13(11)17-14)9-2-1-5-23-9/h1-2,5-6H,3-4,7H2,(H,16,17,20). The quantitative estimate of drug-likeness (QED) is 0.541. The molecule has 3 aromatic heterocycles. The lowest BCUT2D eigenvalue weighted by Gasteiger charge is -2.09. The molecule has 4 rings (SSSR count). The average molecular weight is 393 g/mol. The number of carbonyl (C=O) groups is 2. The van der Waals surface area contributed by atoms with Crippen LogP contribution in [0.3, 0.4) is 0 Å². The molecule has 4 heterocycles. The Morgan fingerprint density at radius 1 is 1.40 bits per heavy atom. The van der Waals surface area contributed by atoms with Gasteiger partial charge in [0, 0.05) is 15.8 Å². The van der Waals surface area contributed by atoms with Crippen molar-refractivity contribution in [3.8, 4) is 10.4 Å². The fraction of sp³-hybridized carbons (Fsp3) is 0.200. The highest BCUT2D eigenvalue weighted by molar-refractivity contribution is 7.99. The Labute approximate surface area is 153 Å². The van der Waals surface area contributed by atoms with Crippen LogP contribution in [-0.4, -0.2) is 45.8 Å². The van der Waals surface area contributed by atoms with E-state index in [1.165, 1.54) is 11.3 Å². The Kier molecular flexibility index (Phi) is 4.32. The summed E-state index contributed by atoms with van der Waals surface area (Å²) in [6.45, 7) is 0.479. The molecule has 2 amide bonds. The second-order valence-corrected chi connectivity index (χ2v) is 7.90. The maximum atomic E-state index is 12.5. The van der Waals surface area contributed by atoms with E-state index >= 15 is 0 Å². The molecule has 1 fully saturated rings. The fourth-order valence-corrected chi connectivity index (χ4v) is 5.00. The molecule has 1 saturated heterocycles. The molecule has 0 unspecified atom stereocenters. The van der Waals surface area contributed by atoms with Gasteiger partial charge in [0.1, 0.15) is 11.4 Å². The van der Waals surface area contributed by atoms with Gasteiger partial charge in [0.2, 0.25) is 5.91 Å². The Balaban J connectivity index is 1.57. The number of nitrogens with one attached hydrogen (secondary N) is 1. The third-order valence-corrected chi connectivity index (χ3v) is 6.24. The number of fused-ring (bicyclic) bond motifs is 1. The number of hydrogen-bond acceptors (Lipinski definition) is 8. The number of aromatic nitrogens is 2.